The standard InChI is InChI=1S/C11H7F3N4O4S.C10H9F3N4O4S/c1-23(21,22)17-18-9(19)6-2-5(4-15)7(11(12,13)14)3-8(6)16-10(18)20;1-22(20,21)16-17-8(18)4-2-6(14)5(10(11,12)13)3-7(4)15-9(17)19/h2-3,17H,1H3,(H,16,20);2-3,16H,14H2,1H3,(H,15,19). The second-order valence-electron chi connectivity index (χ2n) is 8.90. The third-order valence-corrected chi connectivity index (χ3v) is 6.38. The number of sulfonamides is 2. The van der Waals surface area contributed by atoms with Crippen LogP contribution in [-0.4, -0.2) is 48.7 Å². The van der Waals surface area contributed by atoms with Gasteiger partial charge in [0, 0.05) is 5.69 Å². The monoisotopic (exact) mass is 686 g/mol. The Bertz CT molecular complexity index is 2370. The number of nitrogens with two attached hydrogens (primary N) is 1. The highest BCUT2D eigenvalue weighted by molar-refractivity contribution is 7.91. The average Bonchev–Trinajstić information content (AvgIpc) is 2.87. The number of nitriles is 1. The van der Waals surface area contributed by atoms with Crippen molar-refractivity contribution in [2.24, 2.45) is 0 Å². The van der Waals surface area contributed by atoms with Crippen LogP contribution >= 0.6 is 0 Å². The van der Waals surface area contributed by atoms with Crippen molar-refractivity contribution < 1.29 is 43.2 Å². The van der Waals surface area contributed by atoms with Crippen molar-refractivity contribution in [3.8, 4) is 6.07 Å². The van der Waals surface area contributed by atoms with Crippen LogP contribution < -0.4 is 37.9 Å². The van der Waals surface area contributed by atoms with Crippen molar-refractivity contribution in [2.75, 3.05) is 27.9 Å². The molecular formula is C21H16F6N8O8S2. The van der Waals surface area contributed by atoms with E-state index in [2.05, 4.69) is 0 Å². The maximum Gasteiger partial charge on any atom is 0.418 e. The van der Waals surface area contributed by atoms with E-state index < -0.39 is 93.7 Å². The summed E-state index contributed by atoms with van der Waals surface area (Å²) < 4.78 is 121. The number of nitrogen functional groups attached to an aromatic ring is 1. The normalized spacial score (nSPS) is 12.3. The lowest BCUT2D eigenvalue weighted by Crippen LogP contribution is -2.43. The number of aromatic nitrogens is 4. The highest BCUT2D eigenvalue weighted by Crippen LogP contribution is 2.35. The van der Waals surface area contributed by atoms with Crippen LogP contribution in [-0.2, 0) is 32.4 Å². The molecule has 2 aromatic carbocycles. The Balaban J connectivity index is 0.000000246. The molecule has 0 amide bonds. The van der Waals surface area contributed by atoms with Gasteiger partial charge in [-0.2, -0.15) is 41.0 Å². The SMILES string of the molecule is CS(=O)(=O)Nn1c(=O)[nH]c2cc(C(F)(F)F)c(C#N)cc2c1=O.CS(=O)(=O)Nn1c(=O)[nH]c2cc(C(F)(F)F)c(N)cc2c1=O. The Morgan fingerprint density at radius 3 is 1.47 bits per heavy atom. The van der Waals surface area contributed by atoms with Crippen LogP contribution in [0.2, 0.25) is 0 Å². The van der Waals surface area contributed by atoms with Gasteiger partial charge in [-0.05, 0) is 24.3 Å². The number of nitrogens with one attached hydrogen (secondary N) is 4. The van der Waals surface area contributed by atoms with E-state index in [1.807, 2.05) is 9.97 Å². The first-order valence-electron chi connectivity index (χ1n) is 11.3. The molecule has 6 N–H and O–H groups in total. The molecule has 0 atom stereocenters. The topological polar surface area (TPSA) is 252 Å². The van der Waals surface area contributed by atoms with Gasteiger partial charge in [-0.1, -0.05) is 0 Å². The van der Waals surface area contributed by atoms with Crippen LogP contribution in [0.4, 0.5) is 32.0 Å². The number of rotatable bonds is 4. The van der Waals surface area contributed by atoms with Gasteiger partial charge in [0.2, 0.25) is 20.0 Å². The van der Waals surface area contributed by atoms with Gasteiger partial charge >= 0.3 is 23.7 Å². The van der Waals surface area contributed by atoms with Crippen molar-refractivity contribution in [1.82, 2.24) is 19.3 Å². The second-order valence-corrected chi connectivity index (χ2v) is 12.4. The molecule has 0 unspecified atom stereocenters. The second kappa shape index (κ2) is 11.3. The summed E-state index contributed by atoms with van der Waals surface area (Å²) in [5.41, 5.74) is -4.60. The highest BCUT2D eigenvalue weighted by Gasteiger charge is 2.35. The van der Waals surface area contributed by atoms with Crippen LogP contribution in [0, 0.1) is 11.3 Å². The zero-order valence-electron chi connectivity index (χ0n) is 22.1. The largest absolute Gasteiger partial charge is 0.418 e. The zero-order chi connectivity index (χ0) is 34.4. The third-order valence-electron chi connectivity index (χ3n) is 5.35. The molecule has 0 saturated heterocycles. The van der Waals surface area contributed by atoms with E-state index in [-0.39, 0.29) is 14.7 Å². The first kappa shape index (κ1) is 34.2. The molecule has 0 aliphatic rings. The van der Waals surface area contributed by atoms with E-state index >= 15 is 0 Å². The van der Waals surface area contributed by atoms with E-state index in [1.165, 1.54) is 6.07 Å². The number of H-pyrrole nitrogens is 2. The summed E-state index contributed by atoms with van der Waals surface area (Å²) in [4.78, 5) is 54.6. The fraction of sp³-hybridized carbons (Fsp3) is 0.190. The third kappa shape index (κ3) is 7.62. The summed E-state index contributed by atoms with van der Waals surface area (Å²) in [5, 5.41) is 7.97. The zero-order valence-corrected chi connectivity index (χ0v) is 23.7. The predicted molar refractivity (Wildman–Crippen MR) is 145 cm³/mol. The van der Waals surface area contributed by atoms with Crippen molar-refractivity contribution in [2.45, 2.75) is 12.4 Å². The number of aromatic amines is 2. The summed E-state index contributed by atoms with van der Waals surface area (Å²) >= 11 is 0. The molecule has 0 bridgehead atoms. The Hall–Kier alpha value is -5.31. The van der Waals surface area contributed by atoms with Gasteiger partial charge in [0.15, 0.2) is 0 Å². The quantitative estimate of drug-likeness (QED) is 0.141. The van der Waals surface area contributed by atoms with Crippen LogP contribution in [0.1, 0.15) is 16.7 Å². The summed E-state index contributed by atoms with van der Waals surface area (Å²) in [5.74, 6) is 0. The minimum Gasteiger partial charge on any atom is -0.398 e. The molecule has 242 valence electrons. The average molecular weight is 687 g/mol. The van der Waals surface area contributed by atoms with Crippen molar-refractivity contribution in [3.05, 3.63) is 82.6 Å². The van der Waals surface area contributed by atoms with Crippen LogP contribution in [0.25, 0.3) is 21.8 Å². The van der Waals surface area contributed by atoms with Gasteiger partial charge in [0.05, 0.1) is 57.1 Å². The van der Waals surface area contributed by atoms with E-state index in [0.717, 1.165) is 6.07 Å². The maximum atomic E-state index is 12.8. The Labute approximate surface area is 244 Å². The Kier molecular flexibility index (Phi) is 8.60. The Morgan fingerprint density at radius 1 is 0.733 bits per heavy atom. The molecule has 4 aromatic rings. The van der Waals surface area contributed by atoms with Gasteiger partial charge in [-0.3, -0.25) is 9.59 Å². The summed E-state index contributed by atoms with van der Waals surface area (Å²) in [6.07, 6.45) is -8.26. The lowest BCUT2D eigenvalue weighted by molar-refractivity contribution is -0.138. The molecule has 16 nitrogen and oxygen atoms in total. The lowest BCUT2D eigenvalue weighted by atomic mass is 10.1. The molecule has 0 saturated carbocycles. The predicted octanol–water partition coefficient (Wildman–Crippen LogP) is -0.123. The van der Waals surface area contributed by atoms with Gasteiger partial charge in [0.1, 0.15) is 0 Å². The Morgan fingerprint density at radius 2 is 1.11 bits per heavy atom. The molecule has 0 aliphatic carbocycles. The molecule has 0 radical (unpaired) electrons. The summed E-state index contributed by atoms with van der Waals surface area (Å²) in [6, 6.07) is 3.62. The number of hydrogen-bond acceptors (Lipinski definition) is 10. The van der Waals surface area contributed by atoms with E-state index in [4.69, 9.17) is 11.0 Å². The van der Waals surface area contributed by atoms with E-state index in [0.29, 0.717) is 30.7 Å². The number of benzene rings is 2. The molecule has 24 heteroatoms. The van der Waals surface area contributed by atoms with Crippen molar-refractivity contribution in [1.29, 1.82) is 5.26 Å². The van der Waals surface area contributed by atoms with Gasteiger partial charge in [-0.25, -0.2) is 36.1 Å². The van der Waals surface area contributed by atoms with Crippen molar-refractivity contribution in [3.63, 3.8) is 0 Å². The molecular weight excluding hydrogens is 670 g/mol. The minimum absolute atomic E-state index is 0.0894. The van der Waals surface area contributed by atoms with Gasteiger partial charge in [0.25, 0.3) is 11.1 Å². The van der Waals surface area contributed by atoms with Gasteiger partial charge in [-0.15, -0.1) is 0 Å². The fourth-order valence-corrected chi connectivity index (χ4v) is 4.61. The summed E-state index contributed by atoms with van der Waals surface area (Å²) in [7, 11) is -7.94. The van der Waals surface area contributed by atoms with Crippen LogP contribution in [0.15, 0.2) is 43.4 Å². The highest BCUT2D eigenvalue weighted by atomic mass is 32.2. The van der Waals surface area contributed by atoms with Crippen LogP contribution in [0.3, 0.4) is 0 Å². The first-order valence-corrected chi connectivity index (χ1v) is 15.0. The number of alkyl halides is 6. The first-order chi connectivity index (χ1) is 20.3. The molecule has 2 aromatic heterocycles. The molecule has 2 heterocycles. The fourth-order valence-electron chi connectivity index (χ4n) is 3.61. The number of hydrogen-bond donors (Lipinski definition) is 5. The van der Waals surface area contributed by atoms with Crippen LogP contribution in [0.5, 0.6) is 0 Å². The number of anilines is 1. The molecule has 0 spiro atoms. The maximum absolute atomic E-state index is 12.8. The summed E-state index contributed by atoms with van der Waals surface area (Å²) in [6.45, 7) is 0. The number of fused-ring (bicyclic) bond motifs is 2. The molecule has 4 rings (SSSR count). The minimum atomic E-state index is -4.87. The molecule has 0 aliphatic heterocycles. The number of halogens is 6. The van der Waals surface area contributed by atoms with E-state index in [9.17, 15) is 62.4 Å². The molecule has 45 heavy (non-hydrogen) atoms. The lowest BCUT2D eigenvalue weighted by Gasteiger charge is -2.12. The van der Waals surface area contributed by atoms with E-state index in [1.54, 1.807) is 9.66 Å². The van der Waals surface area contributed by atoms with Crippen molar-refractivity contribution >= 4 is 47.5 Å². The molecule has 0 fully saturated rings. The number of nitrogens with zero attached hydrogens (tertiary/aromatic N) is 3. The smallest absolute Gasteiger partial charge is 0.398 e. The van der Waals surface area contributed by atoms with Gasteiger partial charge < -0.3 is 15.7 Å².